The summed E-state index contributed by atoms with van der Waals surface area (Å²) in [5.74, 6) is 0.814. The van der Waals surface area contributed by atoms with Crippen LogP contribution in [0.15, 0.2) is 17.4 Å². The predicted octanol–water partition coefficient (Wildman–Crippen LogP) is 1.53. The number of hydrogen-bond acceptors (Lipinski definition) is 4. The number of carbonyl (C=O) groups is 1. The first-order valence-corrected chi connectivity index (χ1v) is 8.83. The Hall–Kier alpha value is -2.64. The molecule has 2 fully saturated rings. The number of urea groups is 1. The lowest BCUT2D eigenvalue weighted by molar-refractivity contribution is 0.227. The molecule has 1 aliphatic heterocycles. The van der Waals surface area contributed by atoms with Gasteiger partial charge in [0, 0.05) is 49.5 Å². The molecule has 8 nitrogen and oxygen atoms in total. The van der Waals surface area contributed by atoms with Gasteiger partial charge in [-0.3, -0.25) is 14.8 Å². The SMILES string of the molecule is Cn1cc(-c2n[nH]c3c2C=NC2(NC(=O)NCC4CCC4)CC32)cn1. The average Bonchev–Trinajstić information content (AvgIpc) is 2.89. The van der Waals surface area contributed by atoms with Gasteiger partial charge in [0.2, 0.25) is 0 Å². The molecule has 2 unspecified atom stereocenters. The van der Waals surface area contributed by atoms with Gasteiger partial charge in [-0.1, -0.05) is 6.42 Å². The van der Waals surface area contributed by atoms with Crippen LogP contribution in [0.1, 0.15) is 42.9 Å². The van der Waals surface area contributed by atoms with E-state index >= 15 is 0 Å². The van der Waals surface area contributed by atoms with E-state index in [9.17, 15) is 4.79 Å². The largest absolute Gasteiger partial charge is 0.338 e. The van der Waals surface area contributed by atoms with Gasteiger partial charge in [0.15, 0.2) is 0 Å². The minimum absolute atomic E-state index is 0.123. The second-order valence-electron chi connectivity index (χ2n) is 7.37. The van der Waals surface area contributed by atoms with Gasteiger partial charge >= 0.3 is 6.03 Å². The van der Waals surface area contributed by atoms with Gasteiger partial charge in [-0.15, -0.1) is 0 Å². The van der Waals surface area contributed by atoms with Crippen LogP contribution in [-0.4, -0.2) is 44.4 Å². The van der Waals surface area contributed by atoms with Gasteiger partial charge in [0.05, 0.1) is 11.9 Å². The first-order chi connectivity index (χ1) is 12.1. The van der Waals surface area contributed by atoms with Crippen molar-refractivity contribution in [3.8, 4) is 11.3 Å². The number of aryl methyl sites for hydroxylation is 1. The highest BCUT2D eigenvalue weighted by Crippen LogP contribution is 2.55. The number of rotatable bonds is 4. The van der Waals surface area contributed by atoms with Crippen LogP contribution in [0.4, 0.5) is 4.79 Å². The molecule has 2 aliphatic carbocycles. The molecule has 25 heavy (non-hydrogen) atoms. The Labute approximate surface area is 145 Å². The molecule has 5 rings (SSSR count). The Morgan fingerprint density at radius 2 is 2.36 bits per heavy atom. The summed E-state index contributed by atoms with van der Waals surface area (Å²) >= 11 is 0. The Morgan fingerprint density at radius 1 is 1.48 bits per heavy atom. The van der Waals surface area contributed by atoms with Crippen LogP contribution >= 0.6 is 0 Å². The van der Waals surface area contributed by atoms with Crippen molar-refractivity contribution >= 4 is 12.2 Å². The normalized spacial score (nSPS) is 26.5. The Morgan fingerprint density at radius 3 is 3.08 bits per heavy atom. The van der Waals surface area contributed by atoms with Crippen LogP contribution in [-0.2, 0) is 7.05 Å². The van der Waals surface area contributed by atoms with Gasteiger partial charge in [0.1, 0.15) is 11.4 Å². The Kier molecular flexibility index (Phi) is 3.04. The maximum Gasteiger partial charge on any atom is 0.316 e. The number of hydrogen-bond donors (Lipinski definition) is 3. The number of nitrogens with zero attached hydrogens (tertiary/aromatic N) is 4. The number of amides is 2. The summed E-state index contributed by atoms with van der Waals surface area (Å²) in [6.45, 7) is 0.761. The van der Waals surface area contributed by atoms with Crippen LogP contribution in [0.5, 0.6) is 0 Å². The second kappa shape index (κ2) is 5.18. The molecule has 0 bridgehead atoms. The van der Waals surface area contributed by atoms with E-state index in [2.05, 4.69) is 30.9 Å². The topological polar surface area (TPSA) is 100.0 Å². The van der Waals surface area contributed by atoms with Gasteiger partial charge < -0.3 is 10.6 Å². The quantitative estimate of drug-likeness (QED) is 0.787. The first-order valence-electron chi connectivity index (χ1n) is 8.83. The zero-order chi connectivity index (χ0) is 17.0. The third-order valence-corrected chi connectivity index (χ3v) is 5.62. The van der Waals surface area contributed by atoms with Crippen molar-refractivity contribution in [3.05, 3.63) is 23.7 Å². The number of H-pyrrole nitrogens is 1. The Bertz CT molecular complexity index is 862. The molecular weight excluding hydrogens is 318 g/mol. The third kappa shape index (κ3) is 2.35. The molecule has 0 spiro atoms. The zero-order valence-corrected chi connectivity index (χ0v) is 14.1. The molecule has 2 aromatic heterocycles. The molecule has 0 aromatic carbocycles. The summed E-state index contributed by atoms with van der Waals surface area (Å²) in [6.07, 6.45) is 10.1. The van der Waals surface area contributed by atoms with E-state index in [0.717, 1.165) is 35.5 Å². The third-order valence-electron chi connectivity index (χ3n) is 5.62. The second-order valence-corrected chi connectivity index (χ2v) is 7.37. The van der Waals surface area contributed by atoms with Crippen LogP contribution in [0.3, 0.4) is 0 Å². The number of aliphatic imine (C=N–C) groups is 1. The maximum atomic E-state index is 12.2. The van der Waals surface area contributed by atoms with E-state index in [1.54, 1.807) is 10.9 Å². The van der Waals surface area contributed by atoms with E-state index in [4.69, 9.17) is 0 Å². The van der Waals surface area contributed by atoms with Gasteiger partial charge in [-0.2, -0.15) is 10.2 Å². The summed E-state index contributed by atoms with van der Waals surface area (Å²) in [7, 11) is 1.88. The highest BCUT2D eigenvalue weighted by molar-refractivity contribution is 5.93. The van der Waals surface area contributed by atoms with Crippen molar-refractivity contribution in [1.29, 1.82) is 0 Å². The molecular formula is C17H21N7O. The standard InChI is InChI=1S/C17H21N7O/c1-24-9-11(7-20-24)14-12-8-19-17(5-13(17)15(12)23-22-14)21-16(25)18-6-10-3-2-4-10/h7-10,13H,2-6H2,1H3,(H,22,23)(H2,18,21,25). The van der Waals surface area contributed by atoms with Crippen molar-refractivity contribution < 1.29 is 4.79 Å². The molecule has 130 valence electrons. The number of aromatic nitrogens is 4. The minimum atomic E-state index is -0.505. The van der Waals surface area contributed by atoms with Crippen molar-refractivity contribution in [2.24, 2.45) is 18.0 Å². The molecule has 3 N–H and O–H groups in total. The van der Waals surface area contributed by atoms with Gasteiger partial charge in [-0.05, 0) is 18.8 Å². The molecule has 2 atom stereocenters. The van der Waals surface area contributed by atoms with E-state index in [-0.39, 0.29) is 11.9 Å². The number of aromatic amines is 1. The van der Waals surface area contributed by atoms with Crippen molar-refractivity contribution in [3.63, 3.8) is 0 Å². The van der Waals surface area contributed by atoms with E-state index in [1.807, 2.05) is 19.5 Å². The van der Waals surface area contributed by atoms with Gasteiger partial charge in [-0.25, -0.2) is 4.79 Å². The zero-order valence-electron chi connectivity index (χ0n) is 14.1. The fraction of sp³-hybridized carbons (Fsp3) is 0.529. The van der Waals surface area contributed by atoms with Crippen molar-refractivity contribution in [2.75, 3.05) is 6.54 Å². The number of nitrogens with one attached hydrogen (secondary N) is 3. The summed E-state index contributed by atoms with van der Waals surface area (Å²) < 4.78 is 1.76. The summed E-state index contributed by atoms with van der Waals surface area (Å²) in [5.41, 5.74) is 3.37. The van der Waals surface area contributed by atoms with Crippen LogP contribution < -0.4 is 10.6 Å². The van der Waals surface area contributed by atoms with E-state index < -0.39 is 5.66 Å². The number of carbonyl (C=O) groups excluding carboxylic acids is 1. The average molecular weight is 339 g/mol. The molecule has 3 heterocycles. The van der Waals surface area contributed by atoms with Crippen LogP contribution in [0.25, 0.3) is 11.3 Å². The Balaban J connectivity index is 1.30. The molecule has 2 amide bonds. The van der Waals surface area contributed by atoms with Crippen LogP contribution in [0.2, 0.25) is 0 Å². The van der Waals surface area contributed by atoms with E-state index in [0.29, 0.717) is 5.92 Å². The lowest BCUT2D eigenvalue weighted by Crippen LogP contribution is -2.46. The predicted molar refractivity (Wildman–Crippen MR) is 92.3 cm³/mol. The van der Waals surface area contributed by atoms with E-state index in [1.165, 1.54) is 19.3 Å². The fourth-order valence-corrected chi connectivity index (χ4v) is 3.78. The summed E-state index contributed by atoms with van der Waals surface area (Å²) in [4.78, 5) is 16.9. The highest BCUT2D eigenvalue weighted by Gasteiger charge is 2.59. The molecule has 3 aliphatic rings. The van der Waals surface area contributed by atoms with Crippen molar-refractivity contribution in [1.82, 2.24) is 30.6 Å². The molecule has 8 heteroatoms. The first kappa shape index (κ1) is 14.7. The monoisotopic (exact) mass is 339 g/mol. The smallest absolute Gasteiger partial charge is 0.316 e. The lowest BCUT2D eigenvalue weighted by atomic mass is 9.85. The lowest BCUT2D eigenvalue weighted by Gasteiger charge is -2.26. The number of fused-ring (bicyclic) bond motifs is 3. The molecule has 0 saturated heterocycles. The highest BCUT2D eigenvalue weighted by atomic mass is 16.2. The fourth-order valence-electron chi connectivity index (χ4n) is 3.78. The van der Waals surface area contributed by atoms with Gasteiger partial charge in [0.25, 0.3) is 0 Å². The summed E-state index contributed by atoms with van der Waals surface area (Å²) in [5, 5.41) is 17.8. The molecule has 2 saturated carbocycles. The minimum Gasteiger partial charge on any atom is -0.338 e. The molecule has 2 aromatic rings. The summed E-state index contributed by atoms with van der Waals surface area (Å²) in [6, 6.07) is -0.123. The van der Waals surface area contributed by atoms with Crippen molar-refractivity contribution in [2.45, 2.75) is 37.3 Å². The molecule has 0 radical (unpaired) electrons. The van der Waals surface area contributed by atoms with Crippen LogP contribution in [0, 0.1) is 5.92 Å². The maximum absolute atomic E-state index is 12.2.